The zero-order valence-corrected chi connectivity index (χ0v) is 26.1. The Morgan fingerprint density at radius 1 is 0.881 bits per heavy atom. The van der Waals surface area contributed by atoms with E-state index in [1.54, 1.807) is 0 Å². The molecule has 1 rings (SSSR count). The van der Waals surface area contributed by atoms with Gasteiger partial charge in [0.05, 0.1) is 19.8 Å². The van der Waals surface area contributed by atoms with Crippen LogP contribution in [0.4, 0.5) is 0 Å². The lowest BCUT2D eigenvalue weighted by Gasteiger charge is -2.41. The maximum atomic E-state index is 12.2. The quantitative estimate of drug-likeness (QED) is 0.0501. The van der Waals surface area contributed by atoms with Gasteiger partial charge in [0, 0.05) is 13.0 Å². The highest BCUT2D eigenvalue weighted by Crippen LogP contribution is 2.25. The fourth-order valence-electron chi connectivity index (χ4n) is 4.47. The number of carbonyl (C=O) groups excluding carboxylic acids is 1. The van der Waals surface area contributed by atoms with Crippen LogP contribution in [-0.4, -0.2) is 97.5 Å². The van der Waals surface area contributed by atoms with E-state index in [-0.39, 0.29) is 19.6 Å². The molecule has 6 unspecified atom stereocenters. The van der Waals surface area contributed by atoms with E-state index in [1.807, 2.05) is 6.92 Å². The Hall–Kier alpha value is -1.16. The lowest BCUT2D eigenvalue weighted by molar-refractivity contribution is -0.301. The van der Waals surface area contributed by atoms with Crippen molar-refractivity contribution >= 4 is 16.4 Å². The lowest BCUT2D eigenvalue weighted by atomic mass is 9.99. The molecule has 1 fully saturated rings. The average Bonchev–Trinajstić information content (AvgIpc) is 2.95. The molecule has 0 amide bonds. The normalized spacial score (nSPS) is 23.8. The molecule has 1 aliphatic heterocycles. The molecule has 4 N–H and O–H groups in total. The van der Waals surface area contributed by atoms with Crippen LogP contribution in [0.1, 0.15) is 104 Å². The van der Waals surface area contributed by atoms with Gasteiger partial charge in [0.1, 0.15) is 30.5 Å². The Labute approximate surface area is 251 Å². The van der Waals surface area contributed by atoms with Gasteiger partial charge in [-0.25, -0.2) is 4.18 Å². The van der Waals surface area contributed by atoms with Crippen LogP contribution in [0.15, 0.2) is 12.2 Å². The molecule has 0 aromatic heterocycles. The van der Waals surface area contributed by atoms with Crippen molar-refractivity contribution in [2.24, 2.45) is 0 Å². The third kappa shape index (κ3) is 17.8. The van der Waals surface area contributed by atoms with Gasteiger partial charge < -0.3 is 34.3 Å². The van der Waals surface area contributed by atoms with Gasteiger partial charge in [-0.15, -0.1) is 0 Å². The second kappa shape index (κ2) is 23.3. The summed E-state index contributed by atoms with van der Waals surface area (Å²) in [4.78, 5) is 12.2. The average molecular weight is 627 g/mol. The fourth-order valence-corrected chi connectivity index (χ4v) is 4.97. The topological polar surface area (TPSA) is 178 Å². The van der Waals surface area contributed by atoms with Gasteiger partial charge in [0.2, 0.25) is 0 Å². The Morgan fingerprint density at radius 2 is 1.50 bits per heavy atom. The van der Waals surface area contributed by atoms with Crippen molar-refractivity contribution in [2.45, 2.75) is 141 Å². The maximum Gasteiger partial charge on any atom is 0.397 e. The molecule has 0 spiro atoms. The number of hydrogen-bond donors (Lipinski definition) is 4. The summed E-state index contributed by atoms with van der Waals surface area (Å²) in [7, 11) is -5.04. The predicted molar refractivity (Wildman–Crippen MR) is 156 cm³/mol. The minimum atomic E-state index is -5.04. The van der Waals surface area contributed by atoms with Gasteiger partial charge in [-0.1, -0.05) is 70.9 Å². The largest absolute Gasteiger partial charge is 0.457 e. The number of aliphatic hydroxyl groups is 3. The van der Waals surface area contributed by atoms with Crippen LogP contribution in [0.5, 0.6) is 0 Å². The summed E-state index contributed by atoms with van der Waals surface area (Å²) in [5.41, 5.74) is 0. The van der Waals surface area contributed by atoms with Crippen LogP contribution in [0, 0.1) is 0 Å². The van der Waals surface area contributed by atoms with E-state index in [2.05, 4.69) is 23.3 Å². The van der Waals surface area contributed by atoms with Gasteiger partial charge in [-0.3, -0.25) is 9.35 Å². The molecule has 0 aliphatic carbocycles. The molecule has 42 heavy (non-hydrogen) atoms. The number of aliphatic hydroxyl groups excluding tert-OH is 3. The first-order chi connectivity index (χ1) is 20.1. The minimum absolute atomic E-state index is 0.0300. The number of unbranched alkanes of at least 4 members (excludes halogenated alkanes) is 10. The van der Waals surface area contributed by atoms with E-state index in [0.717, 1.165) is 32.1 Å². The highest BCUT2D eigenvalue weighted by molar-refractivity contribution is 7.80. The van der Waals surface area contributed by atoms with Gasteiger partial charge >= 0.3 is 16.4 Å². The summed E-state index contributed by atoms with van der Waals surface area (Å²) >= 11 is 0. The van der Waals surface area contributed by atoms with Gasteiger partial charge in [-0.2, -0.15) is 8.42 Å². The van der Waals surface area contributed by atoms with Crippen LogP contribution >= 0.6 is 0 Å². The number of rotatable bonds is 25. The number of carbonyl (C=O) groups is 1. The molecule has 1 saturated heterocycles. The molecule has 0 radical (unpaired) electrons. The van der Waals surface area contributed by atoms with Gasteiger partial charge in [0.15, 0.2) is 6.29 Å². The molecular formula is C29H54O12S. The Bertz CT molecular complexity index is 821. The summed E-state index contributed by atoms with van der Waals surface area (Å²) < 4.78 is 57.8. The standard InChI is InChI=1S/C29H54O12S/c1-3-5-7-8-9-10-11-12-13-14-15-16-17-19-37-21-23(39-25(31)18-6-4-2)22-38-29-27(33)28(41-42(34,35)36)26(32)24(20-30)40-29/h9-10,23-24,26-30,32-33H,3-8,11-22H2,1-2H3,(H,34,35,36)/b10-9-. The third-order valence-electron chi connectivity index (χ3n) is 6.89. The van der Waals surface area contributed by atoms with E-state index in [4.69, 9.17) is 23.5 Å². The maximum absolute atomic E-state index is 12.2. The highest BCUT2D eigenvalue weighted by atomic mass is 32.3. The van der Waals surface area contributed by atoms with Crippen molar-refractivity contribution in [3.8, 4) is 0 Å². The van der Waals surface area contributed by atoms with Crippen molar-refractivity contribution in [3.05, 3.63) is 12.2 Å². The van der Waals surface area contributed by atoms with E-state index in [0.29, 0.717) is 13.0 Å². The second-order valence-electron chi connectivity index (χ2n) is 10.7. The molecule has 6 atom stereocenters. The van der Waals surface area contributed by atoms with Crippen LogP contribution in [0.25, 0.3) is 0 Å². The monoisotopic (exact) mass is 626 g/mol. The zero-order chi connectivity index (χ0) is 31.2. The Kier molecular flexibility index (Phi) is 21.5. The van der Waals surface area contributed by atoms with Crippen molar-refractivity contribution in [1.82, 2.24) is 0 Å². The zero-order valence-electron chi connectivity index (χ0n) is 25.3. The molecular weight excluding hydrogens is 572 g/mol. The highest BCUT2D eigenvalue weighted by Gasteiger charge is 2.48. The van der Waals surface area contributed by atoms with E-state index in [9.17, 15) is 28.5 Å². The fraction of sp³-hybridized carbons (Fsp3) is 0.897. The van der Waals surface area contributed by atoms with E-state index < -0.39 is 59.8 Å². The first kappa shape index (κ1) is 38.9. The van der Waals surface area contributed by atoms with Crippen molar-refractivity contribution in [1.29, 1.82) is 0 Å². The van der Waals surface area contributed by atoms with Gasteiger partial charge in [0.25, 0.3) is 0 Å². The van der Waals surface area contributed by atoms with Gasteiger partial charge in [-0.05, 0) is 38.5 Å². The van der Waals surface area contributed by atoms with Crippen LogP contribution in [0.2, 0.25) is 0 Å². The smallest absolute Gasteiger partial charge is 0.397 e. The summed E-state index contributed by atoms with van der Waals surface area (Å²) in [6, 6.07) is 0. The number of esters is 1. The SMILES string of the molecule is CCCCC/C=C\CCCCCCCCOCC(COC1OC(CO)C(O)C(OS(=O)(=O)O)C1O)OC(=O)CCCC. The minimum Gasteiger partial charge on any atom is -0.457 e. The predicted octanol–water partition coefficient (Wildman–Crippen LogP) is 3.62. The first-order valence-electron chi connectivity index (χ1n) is 15.4. The second-order valence-corrected chi connectivity index (χ2v) is 11.7. The summed E-state index contributed by atoms with van der Waals surface area (Å²) in [6.45, 7) is 3.64. The molecule has 0 aromatic carbocycles. The summed E-state index contributed by atoms with van der Waals surface area (Å²) in [5, 5.41) is 30.1. The van der Waals surface area contributed by atoms with Crippen molar-refractivity contribution in [2.75, 3.05) is 26.4 Å². The molecule has 0 saturated carbocycles. The first-order valence-corrected chi connectivity index (χ1v) is 16.8. The van der Waals surface area contributed by atoms with Crippen LogP contribution in [0.3, 0.4) is 0 Å². The number of allylic oxidation sites excluding steroid dienone is 2. The van der Waals surface area contributed by atoms with Crippen LogP contribution in [-0.2, 0) is 38.3 Å². The number of hydrogen-bond acceptors (Lipinski definition) is 11. The molecule has 248 valence electrons. The molecule has 1 aliphatic rings. The molecule has 1 heterocycles. The Morgan fingerprint density at radius 3 is 2.12 bits per heavy atom. The van der Waals surface area contributed by atoms with E-state index >= 15 is 0 Å². The number of ether oxygens (including phenoxy) is 4. The lowest BCUT2D eigenvalue weighted by Crippen LogP contribution is -2.60. The summed E-state index contributed by atoms with van der Waals surface area (Å²) in [5.74, 6) is -0.439. The molecule has 0 aromatic rings. The van der Waals surface area contributed by atoms with E-state index in [1.165, 1.54) is 44.9 Å². The van der Waals surface area contributed by atoms with Crippen molar-refractivity contribution < 1.29 is 56.2 Å². The van der Waals surface area contributed by atoms with Crippen molar-refractivity contribution in [3.63, 3.8) is 0 Å². The summed E-state index contributed by atoms with van der Waals surface area (Å²) in [6.07, 6.45) is 9.72. The van der Waals surface area contributed by atoms with Crippen LogP contribution < -0.4 is 0 Å². The molecule has 12 nitrogen and oxygen atoms in total. The molecule has 0 bridgehead atoms. The Balaban J connectivity index is 2.45. The molecule has 13 heteroatoms. The third-order valence-corrected chi connectivity index (χ3v) is 7.35.